The Labute approximate surface area is 128 Å². The SMILES string of the molecule is CCNC1(C(N)=O)CCCC(Sc2nc(C)cc(=O)[nH]2)C1. The third-order valence-corrected chi connectivity index (χ3v) is 4.97. The zero-order valence-corrected chi connectivity index (χ0v) is 13.3. The number of carbonyl (C=O) groups excluding carboxylic acids is 1. The molecule has 1 saturated carbocycles. The van der Waals surface area contributed by atoms with Gasteiger partial charge in [-0.2, -0.15) is 0 Å². The Bertz CT molecular complexity index is 570. The summed E-state index contributed by atoms with van der Waals surface area (Å²) < 4.78 is 0. The number of aromatic amines is 1. The van der Waals surface area contributed by atoms with Crippen LogP contribution in [-0.4, -0.2) is 33.2 Å². The van der Waals surface area contributed by atoms with Gasteiger partial charge >= 0.3 is 0 Å². The average molecular weight is 310 g/mol. The van der Waals surface area contributed by atoms with Crippen molar-refractivity contribution >= 4 is 17.7 Å². The smallest absolute Gasteiger partial charge is 0.251 e. The molecular weight excluding hydrogens is 288 g/mol. The topological polar surface area (TPSA) is 101 Å². The van der Waals surface area contributed by atoms with E-state index in [2.05, 4.69) is 15.3 Å². The Morgan fingerprint density at radius 1 is 1.67 bits per heavy atom. The van der Waals surface area contributed by atoms with Crippen LogP contribution in [0.2, 0.25) is 0 Å². The monoisotopic (exact) mass is 310 g/mol. The fraction of sp³-hybridized carbons (Fsp3) is 0.643. The van der Waals surface area contributed by atoms with Gasteiger partial charge in [0.2, 0.25) is 5.91 Å². The molecule has 1 aromatic rings. The van der Waals surface area contributed by atoms with E-state index in [1.807, 2.05) is 6.92 Å². The molecule has 1 fully saturated rings. The molecule has 0 aromatic carbocycles. The van der Waals surface area contributed by atoms with Gasteiger partial charge in [-0.15, -0.1) is 0 Å². The first kappa shape index (κ1) is 16.0. The summed E-state index contributed by atoms with van der Waals surface area (Å²) in [5.74, 6) is -0.291. The maximum Gasteiger partial charge on any atom is 0.251 e. The van der Waals surface area contributed by atoms with Crippen LogP contribution in [0.5, 0.6) is 0 Å². The first-order valence-corrected chi connectivity index (χ1v) is 8.13. The highest BCUT2D eigenvalue weighted by Gasteiger charge is 2.41. The maximum atomic E-state index is 11.8. The third kappa shape index (κ3) is 3.85. The zero-order chi connectivity index (χ0) is 15.5. The lowest BCUT2D eigenvalue weighted by Gasteiger charge is -2.38. The van der Waals surface area contributed by atoms with Gasteiger partial charge in [0.1, 0.15) is 0 Å². The molecule has 4 N–H and O–H groups in total. The molecule has 1 aromatic heterocycles. The largest absolute Gasteiger partial charge is 0.368 e. The second kappa shape index (κ2) is 6.62. The summed E-state index contributed by atoms with van der Waals surface area (Å²) in [7, 11) is 0. The minimum Gasteiger partial charge on any atom is -0.368 e. The van der Waals surface area contributed by atoms with Gasteiger partial charge in [-0.05, 0) is 39.2 Å². The van der Waals surface area contributed by atoms with Gasteiger partial charge < -0.3 is 16.0 Å². The van der Waals surface area contributed by atoms with E-state index in [-0.39, 0.29) is 16.7 Å². The van der Waals surface area contributed by atoms with Gasteiger partial charge in [-0.25, -0.2) is 4.98 Å². The fourth-order valence-corrected chi connectivity index (χ4v) is 4.22. The number of aromatic nitrogens is 2. The van der Waals surface area contributed by atoms with Crippen LogP contribution in [0.25, 0.3) is 0 Å². The summed E-state index contributed by atoms with van der Waals surface area (Å²) in [6.07, 6.45) is 3.36. The van der Waals surface area contributed by atoms with Crippen LogP contribution < -0.4 is 16.6 Å². The molecule has 6 nitrogen and oxygen atoms in total. The second-order valence-corrected chi connectivity index (χ2v) is 6.79. The molecule has 0 saturated heterocycles. The molecule has 1 heterocycles. The van der Waals surface area contributed by atoms with Crippen LogP contribution >= 0.6 is 11.8 Å². The Hall–Kier alpha value is -1.34. The molecule has 116 valence electrons. The molecular formula is C14H22N4O2S. The molecule has 0 radical (unpaired) electrons. The lowest BCUT2D eigenvalue weighted by molar-refractivity contribution is -0.125. The number of H-pyrrole nitrogens is 1. The summed E-state index contributed by atoms with van der Waals surface area (Å²) in [6, 6.07) is 1.47. The van der Waals surface area contributed by atoms with E-state index < -0.39 is 5.54 Å². The van der Waals surface area contributed by atoms with Crippen LogP contribution in [0.3, 0.4) is 0 Å². The van der Waals surface area contributed by atoms with E-state index >= 15 is 0 Å². The predicted octanol–water partition coefficient (Wildman–Crippen LogP) is 0.947. The van der Waals surface area contributed by atoms with Crippen molar-refractivity contribution in [2.75, 3.05) is 6.54 Å². The van der Waals surface area contributed by atoms with Gasteiger partial charge in [-0.1, -0.05) is 18.7 Å². The number of hydrogen-bond acceptors (Lipinski definition) is 5. The number of amides is 1. The molecule has 7 heteroatoms. The zero-order valence-electron chi connectivity index (χ0n) is 12.4. The Morgan fingerprint density at radius 2 is 2.43 bits per heavy atom. The van der Waals surface area contributed by atoms with Gasteiger partial charge in [0.15, 0.2) is 5.16 Å². The normalized spacial score (nSPS) is 25.7. The first-order chi connectivity index (χ1) is 9.95. The summed E-state index contributed by atoms with van der Waals surface area (Å²) in [5.41, 5.74) is 5.53. The van der Waals surface area contributed by atoms with Crippen LogP contribution in [0.4, 0.5) is 0 Å². The number of primary amides is 1. The van der Waals surface area contributed by atoms with E-state index in [9.17, 15) is 9.59 Å². The van der Waals surface area contributed by atoms with Crippen molar-refractivity contribution in [3.63, 3.8) is 0 Å². The number of nitrogens with zero attached hydrogens (tertiary/aromatic N) is 1. The lowest BCUT2D eigenvalue weighted by atomic mass is 9.80. The number of hydrogen-bond donors (Lipinski definition) is 3. The minimum atomic E-state index is -0.630. The number of nitrogens with two attached hydrogens (primary N) is 1. The maximum absolute atomic E-state index is 11.8. The van der Waals surface area contributed by atoms with Crippen LogP contribution in [0, 0.1) is 6.92 Å². The van der Waals surface area contributed by atoms with Crippen molar-refractivity contribution in [3.05, 3.63) is 22.1 Å². The first-order valence-electron chi connectivity index (χ1n) is 7.25. The van der Waals surface area contributed by atoms with E-state index in [4.69, 9.17) is 5.73 Å². The number of likely N-dealkylation sites (N-methyl/N-ethyl adjacent to an activating group) is 1. The minimum absolute atomic E-state index is 0.145. The van der Waals surface area contributed by atoms with Gasteiger partial charge in [0.25, 0.3) is 5.56 Å². The number of thioether (sulfide) groups is 1. The van der Waals surface area contributed by atoms with E-state index in [0.29, 0.717) is 23.8 Å². The molecule has 2 rings (SSSR count). The predicted molar refractivity (Wildman–Crippen MR) is 83.3 cm³/mol. The summed E-state index contributed by atoms with van der Waals surface area (Å²) in [4.78, 5) is 30.4. The average Bonchev–Trinajstić information content (AvgIpc) is 2.37. The molecule has 2 unspecified atom stereocenters. The quantitative estimate of drug-likeness (QED) is 0.703. The molecule has 1 aliphatic rings. The van der Waals surface area contributed by atoms with Crippen molar-refractivity contribution in [1.29, 1.82) is 0 Å². The summed E-state index contributed by atoms with van der Waals surface area (Å²) >= 11 is 1.52. The summed E-state index contributed by atoms with van der Waals surface area (Å²) in [5, 5.41) is 4.09. The molecule has 0 aliphatic heterocycles. The van der Waals surface area contributed by atoms with Gasteiger partial charge in [0, 0.05) is 17.0 Å². The van der Waals surface area contributed by atoms with Crippen LogP contribution in [-0.2, 0) is 4.79 Å². The van der Waals surface area contributed by atoms with E-state index in [0.717, 1.165) is 19.3 Å². The number of aryl methyl sites for hydroxylation is 1. The van der Waals surface area contributed by atoms with E-state index in [1.54, 1.807) is 6.92 Å². The Kier molecular flexibility index (Phi) is 5.05. The van der Waals surface area contributed by atoms with E-state index in [1.165, 1.54) is 17.8 Å². The van der Waals surface area contributed by atoms with Gasteiger partial charge in [0.05, 0.1) is 5.54 Å². The second-order valence-electron chi connectivity index (χ2n) is 5.50. The number of carbonyl (C=O) groups is 1. The lowest BCUT2D eigenvalue weighted by Crippen LogP contribution is -2.58. The van der Waals surface area contributed by atoms with Gasteiger partial charge in [-0.3, -0.25) is 9.59 Å². The molecule has 1 aliphatic carbocycles. The highest BCUT2D eigenvalue weighted by molar-refractivity contribution is 7.99. The van der Waals surface area contributed by atoms with Crippen molar-refractivity contribution in [3.8, 4) is 0 Å². The third-order valence-electron chi connectivity index (χ3n) is 3.82. The van der Waals surface area contributed by atoms with Crippen molar-refractivity contribution in [1.82, 2.24) is 15.3 Å². The highest BCUT2D eigenvalue weighted by Crippen LogP contribution is 2.37. The molecule has 0 bridgehead atoms. The van der Waals surface area contributed by atoms with Crippen LogP contribution in [0.1, 0.15) is 38.3 Å². The standard InChI is InChI=1S/C14H22N4O2S/c1-3-16-14(12(15)20)6-4-5-10(8-14)21-13-17-9(2)7-11(19)18-13/h7,10,16H,3-6,8H2,1-2H3,(H2,15,20)(H,17,18,19). The van der Waals surface area contributed by atoms with Crippen molar-refractivity contribution in [2.45, 2.75) is 55.5 Å². The van der Waals surface area contributed by atoms with Crippen LogP contribution in [0.15, 0.2) is 16.0 Å². The summed E-state index contributed by atoms with van der Waals surface area (Å²) in [6.45, 7) is 4.48. The molecule has 21 heavy (non-hydrogen) atoms. The van der Waals surface area contributed by atoms with Crippen molar-refractivity contribution < 1.29 is 4.79 Å². The van der Waals surface area contributed by atoms with Crippen molar-refractivity contribution in [2.24, 2.45) is 5.73 Å². The Morgan fingerprint density at radius 3 is 3.05 bits per heavy atom. The fourth-order valence-electron chi connectivity index (χ4n) is 2.90. The number of rotatable bonds is 5. The molecule has 1 amide bonds. The molecule has 2 atom stereocenters. The highest BCUT2D eigenvalue weighted by atomic mass is 32.2. The number of nitrogens with one attached hydrogen (secondary N) is 2. The molecule has 0 spiro atoms. The Balaban J connectivity index is 2.13.